The van der Waals surface area contributed by atoms with Gasteiger partial charge in [-0.1, -0.05) is 0 Å². The third-order valence-electron chi connectivity index (χ3n) is 2.32. The van der Waals surface area contributed by atoms with Crippen molar-refractivity contribution in [3.8, 4) is 0 Å². The van der Waals surface area contributed by atoms with Gasteiger partial charge in [0.2, 0.25) is 5.91 Å². The number of furan rings is 1. The fourth-order valence-electron chi connectivity index (χ4n) is 1.30. The van der Waals surface area contributed by atoms with E-state index < -0.39 is 0 Å². The highest BCUT2D eigenvalue weighted by molar-refractivity contribution is 9.10. The number of rotatable bonds is 6. The lowest BCUT2D eigenvalue weighted by Crippen LogP contribution is -2.27. The molecule has 6 heteroatoms. The van der Waals surface area contributed by atoms with Crippen molar-refractivity contribution in [2.75, 3.05) is 20.2 Å². The summed E-state index contributed by atoms with van der Waals surface area (Å²) in [5.41, 5.74) is 0. The molecule has 104 valence electrons. The molecule has 0 aliphatic carbocycles. The average molecular weight is 330 g/mol. The van der Waals surface area contributed by atoms with Gasteiger partial charge in [-0.3, -0.25) is 9.59 Å². The number of esters is 1. The van der Waals surface area contributed by atoms with Crippen LogP contribution in [0, 0.1) is 0 Å². The summed E-state index contributed by atoms with van der Waals surface area (Å²) in [6.45, 7) is 2.42. The van der Waals surface area contributed by atoms with E-state index in [9.17, 15) is 9.59 Å². The Kier molecular flexibility index (Phi) is 6.35. The molecule has 1 rings (SSSR count). The molecule has 0 aliphatic rings. The van der Waals surface area contributed by atoms with Gasteiger partial charge in [-0.2, -0.15) is 0 Å². The number of carbonyl (C=O) groups excluding carboxylic acids is 2. The van der Waals surface area contributed by atoms with Crippen molar-refractivity contribution in [1.29, 1.82) is 0 Å². The second kappa shape index (κ2) is 7.78. The highest BCUT2D eigenvalue weighted by Crippen LogP contribution is 2.15. The molecule has 0 N–H and O–H groups in total. The van der Waals surface area contributed by atoms with Gasteiger partial charge in [0.05, 0.1) is 13.0 Å². The minimum Gasteiger partial charge on any atom is -0.466 e. The Hall–Kier alpha value is -1.56. The standard InChI is InChI=1S/C13H16BrNO4/c1-3-18-13(17)8-9-15(2)12(16)7-5-10-4-6-11(14)19-10/h4-7H,3,8-9H2,1-2H3. The first-order valence-electron chi connectivity index (χ1n) is 5.87. The summed E-state index contributed by atoms with van der Waals surface area (Å²) in [6.07, 6.45) is 3.17. The van der Waals surface area contributed by atoms with Crippen molar-refractivity contribution in [1.82, 2.24) is 4.90 Å². The summed E-state index contributed by atoms with van der Waals surface area (Å²) in [5.74, 6) is 0.0805. The van der Waals surface area contributed by atoms with Crippen LogP contribution in [0.15, 0.2) is 27.3 Å². The second-order valence-corrected chi connectivity index (χ2v) is 4.57. The first kappa shape index (κ1) is 15.5. The highest BCUT2D eigenvalue weighted by atomic mass is 79.9. The zero-order valence-corrected chi connectivity index (χ0v) is 12.5. The Morgan fingerprint density at radius 1 is 1.47 bits per heavy atom. The maximum absolute atomic E-state index is 11.7. The van der Waals surface area contributed by atoms with Gasteiger partial charge in [0.1, 0.15) is 5.76 Å². The zero-order chi connectivity index (χ0) is 14.3. The minimum atomic E-state index is -0.305. The lowest BCUT2D eigenvalue weighted by Gasteiger charge is -2.13. The molecular formula is C13H16BrNO4. The van der Waals surface area contributed by atoms with Crippen molar-refractivity contribution in [3.63, 3.8) is 0 Å². The van der Waals surface area contributed by atoms with E-state index in [0.29, 0.717) is 23.6 Å². The number of amides is 1. The Bertz CT molecular complexity index is 467. The molecule has 0 radical (unpaired) electrons. The molecule has 5 nitrogen and oxygen atoms in total. The molecule has 0 fully saturated rings. The molecule has 1 amide bonds. The lowest BCUT2D eigenvalue weighted by molar-refractivity contribution is -0.143. The van der Waals surface area contributed by atoms with Crippen molar-refractivity contribution in [3.05, 3.63) is 28.6 Å². The molecule has 0 unspecified atom stereocenters. The first-order valence-corrected chi connectivity index (χ1v) is 6.66. The van der Waals surface area contributed by atoms with E-state index in [-0.39, 0.29) is 18.3 Å². The first-order chi connectivity index (χ1) is 9.02. The molecule has 1 aromatic rings. The van der Waals surface area contributed by atoms with E-state index in [4.69, 9.17) is 9.15 Å². The topological polar surface area (TPSA) is 59.8 Å². The zero-order valence-electron chi connectivity index (χ0n) is 10.9. The van der Waals surface area contributed by atoms with Gasteiger partial charge in [-0.05, 0) is 41.1 Å². The van der Waals surface area contributed by atoms with Crippen LogP contribution in [0.2, 0.25) is 0 Å². The maximum atomic E-state index is 11.7. The number of likely N-dealkylation sites (N-methyl/N-ethyl adjacent to an activating group) is 1. The molecule has 0 aromatic carbocycles. The van der Waals surface area contributed by atoms with Gasteiger partial charge in [-0.25, -0.2) is 0 Å². The molecular weight excluding hydrogens is 314 g/mol. The summed E-state index contributed by atoms with van der Waals surface area (Å²) in [7, 11) is 1.63. The Morgan fingerprint density at radius 3 is 2.79 bits per heavy atom. The van der Waals surface area contributed by atoms with Crippen LogP contribution in [-0.2, 0) is 14.3 Å². The summed E-state index contributed by atoms with van der Waals surface area (Å²) >= 11 is 3.18. The van der Waals surface area contributed by atoms with E-state index in [1.807, 2.05) is 0 Å². The van der Waals surface area contributed by atoms with Crippen molar-refractivity contribution < 1.29 is 18.7 Å². The fraction of sp³-hybridized carbons (Fsp3) is 0.385. The number of hydrogen-bond acceptors (Lipinski definition) is 4. The highest BCUT2D eigenvalue weighted by Gasteiger charge is 2.08. The largest absolute Gasteiger partial charge is 0.466 e. The molecule has 0 saturated heterocycles. The normalized spacial score (nSPS) is 10.7. The summed E-state index contributed by atoms with van der Waals surface area (Å²) < 4.78 is 10.6. The van der Waals surface area contributed by atoms with Crippen molar-refractivity contribution in [2.45, 2.75) is 13.3 Å². The van der Waals surface area contributed by atoms with E-state index in [1.165, 1.54) is 11.0 Å². The van der Waals surface area contributed by atoms with E-state index in [1.54, 1.807) is 32.2 Å². The fourth-order valence-corrected chi connectivity index (χ4v) is 1.62. The van der Waals surface area contributed by atoms with Crippen molar-refractivity contribution >= 4 is 33.9 Å². The lowest BCUT2D eigenvalue weighted by atomic mass is 10.3. The third kappa shape index (κ3) is 5.74. The average Bonchev–Trinajstić information content (AvgIpc) is 2.79. The molecule has 0 atom stereocenters. The maximum Gasteiger partial charge on any atom is 0.307 e. The molecule has 1 heterocycles. The Labute approximate surface area is 120 Å². The quantitative estimate of drug-likeness (QED) is 0.594. The predicted octanol–water partition coefficient (Wildman–Crippen LogP) is 2.47. The molecule has 0 spiro atoms. The van der Waals surface area contributed by atoms with Crippen LogP contribution in [-0.4, -0.2) is 37.0 Å². The monoisotopic (exact) mass is 329 g/mol. The van der Waals surface area contributed by atoms with Gasteiger partial charge in [0.15, 0.2) is 4.67 Å². The molecule has 0 aliphatic heterocycles. The third-order valence-corrected chi connectivity index (χ3v) is 2.74. The van der Waals surface area contributed by atoms with E-state index in [2.05, 4.69) is 15.9 Å². The molecule has 1 aromatic heterocycles. The summed E-state index contributed by atoms with van der Waals surface area (Å²) in [6, 6.07) is 3.49. The van der Waals surface area contributed by atoms with Crippen LogP contribution < -0.4 is 0 Å². The van der Waals surface area contributed by atoms with Crippen LogP contribution in [0.1, 0.15) is 19.1 Å². The van der Waals surface area contributed by atoms with Crippen LogP contribution in [0.5, 0.6) is 0 Å². The van der Waals surface area contributed by atoms with Crippen LogP contribution >= 0.6 is 15.9 Å². The van der Waals surface area contributed by atoms with E-state index >= 15 is 0 Å². The number of halogens is 1. The Balaban J connectivity index is 2.40. The van der Waals surface area contributed by atoms with Gasteiger partial charge in [0, 0.05) is 19.7 Å². The van der Waals surface area contributed by atoms with Crippen LogP contribution in [0.4, 0.5) is 0 Å². The smallest absolute Gasteiger partial charge is 0.307 e. The SMILES string of the molecule is CCOC(=O)CCN(C)C(=O)C=Cc1ccc(Br)o1. The van der Waals surface area contributed by atoms with Crippen LogP contribution in [0.25, 0.3) is 6.08 Å². The number of nitrogens with zero attached hydrogens (tertiary/aromatic N) is 1. The molecule has 19 heavy (non-hydrogen) atoms. The number of ether oxygens (including phenoxy) is 1. The summed E-state index contributed by atoms with van der Waals surface area (Å²) in [5, 5.41) is 0. The van der Waals surface area contributed by atoms with E-state index in [0.717, 1.165) is 0 Å². The minimum absolute atomic E-state index is 0.191. The Morgan fingerprint density at radius 2 is 2.21 bits per heavy atom. The van der Waals surface area contributed by atoms with Crippen molar-refractivity contribution in [2.24, 2.45) is 0 Å². The van der Waals surface area contributed by atoms with Gasteiger partial charge < -0.3 is 14.1 Å². The van der Waals surface area contributed by atoms with Gasteiger partial charge in [0.25, 0.3) is 0 Å². The molecule has 0 saturated carbocycles. The number of carbonyl (C=O) groups is 2. The van der Waals surface area contributed by atoms with Gasteiger partial charge >= 0.3 is 5.97 Å². The van der Waals surface area contributed by atoms with Gasteiger partial charge in [-0.15, -0.1) is 0 Å². The summed E-state index contributed by atoms with van der Waals surface area (Å²) in [4.78, 5) is 24.3. The van der Waals surface area contributed by atoms with Crippen LogP contribution in [0.3, 0.4) is 0 Å². The predicted molar refractivity (Wildman–Crippen MR) is 74.3 cm³/mol. The molecule has 0 bridgehead atoms. The second-order valence-electron chi connectivity index (χ2n) is 3.79. The number of hydrogen-bond donors (Lipinski definition) is 0.